The monoisotopic (exact) mass is 406 g/mol. The normalized spacial score (nSPS) is 16.1. The second-order valence-corrected chi connectivity index (χ2v) is 8.81. The van der Waals surface area contributed by atoms with Crippen LogP contribution in [0.1, 0.15) is 5.56 Å². The van der Waals surface area contributed by atoms with E-state index in [1.54, 1.807) is 35.1 Å². The van der Waals surface area contributed by atoms with Gasteiger partial charge >= 0.3 is 0 Å². The number of nitrogens with zero attached hydrogens (tertiary/aromatic N) is 6. The molecular weight excluding hydrogens is 388 g/mol. The Balaban J connectivity index is 1.49. The molecule has 4 rings (SSSR count). The van der Waals surface area contributed by atoms with Crippen molar-refractivity contribution in [1.29, 1.82) is 0 Å². The van der Waals surface area contributed by atoms with E-state index in [1.807, 2.05) is 7.05 Å². The molecule has 1 saturated heterocycles. The lowest BCUT2D eigenvalue weighted by Gasteiger charge is -2.34. The van der Waals surface area contributed by atoms with Crippen LogP contribution < -0.4 is 4.90 Å². The van der Waals surface area contributed by atoms with Gasteiger partial charge in [-0.2, -0.15) is 9.40 Å². The van der Waals surface area contributed by atoms with Gasteiger partial charge in [0.2, 0.25) is 10.0 Å². The molecule has 0 saturated carbocycles. The highest BCUT2D eigenvalue weighted by Gasteiger charge is 2.29. The minimum absolute atomic E-state index is 0.0902. The van der Waals surface area contributed by atoms with Crippen LogP contribution in [0.3, 0.4) is 0 Å². The van der Waals surface area contributed by atoms with Crippen LogP contribution >= 0.6 is 11.6 Å². The van der Waals surface area contributed by atoms with E-state index >= 15 is 0 Å². The van der Waals surface area contributed by atoms with E-state index in [-0.39, 0.29) is 5.75 Å². The quantitative estimate of drug-likeness (QED) is 0.655. The van der Waals surface area contributed by atoms with Crippen molar-refractivity contribution in [2.75, 3.05) is 31.1 Å². The third kappa shape index (κ3) is 3.50. The zero-order valence-electron chi connectivity index (χ0n) is 14.8. The molecule has 10 heteroatoms. The summed E-state index contributed by atoms with van der Waals surface area (Å²) in [4.78, 5) is 10.7. The third-order valence-electron chi connectivity index (χ3n) is 4.74. The van der Waals surface area contributed by atoms with Gasteiger partial charge in [-0.3, -0.25) is 4.68 Å². The molecule has 142 valence electrons. The third-order valence-corrected chi connectivity index (χ3v) is 6.93. The molecule has 0 amide bonds. The summed E-state index contributed by atoms with van der Waals surface area (Å²) in [5.41, 5.74) is 1.38. The molecule has 0 N–H and O–H groups in total. The lowest BCUT2D eigenvalue weighted by Crippen LogP contribution is -2.49. The van der Waals surface area contributed by atoms with E-state index in [1.165, 1.54) is 10.6 Å². The van der Waals surface area contributed by atoms with Gasteiger partial charge in [0, 0.05) is 38.2 Å². The molecule has 0 bridgehead atoms. The first kappa shape index (κ1) is 18.1. The molecule has 0 atom stereocenters. The minimum atomic E-state index is -3.43. The van der Waals surface area contributed by atoms with Crippen molar-refractivity contribution in [2.45, 2.75) is 5.75 Å². The predicted molar refractivity (Wildman–Crippen MR) is 104 cm³/mol. The van der Waals surface area contributed by atoms with Crippen LogP contribution in [0.25, 0.3) is 11.0 Å². The van der Waals surface area contributed by atoms with Gasteiger partial charge in [0.25, 0.3) is 0 Å². The summed E-state index contributed by atoms with van der Waals surface area (Å²) in [6.45, 7) is 1.92. The molecule has 1 aromatic carbocycles. The standard InChI is InChI=1S/C17H19ClN6O2S/c1-22-16-14(10-21-22)17(20-12-19-16)23-6-8-24(9-7-23)27(25,26)11-13-4-2-3-5-15(13)18/h2-5,10,12H,6-9,11H2,1H3. The van der Waals surface area contributed by atoms with Gasteiger partial charge in [-0.25, -0.2) is 18.4 Å². The van der Waals surface area contributed by atoms with Crippen LogP contribution in [-0.2, 0) is 22.8 Å². The molecule has 1 aliphatic heterocycles. The van der Waals surface area contributed by atoms with E-state index < -0.39 is 10.0 Å². The molecule has 1 aliphatic rings. The molecule has 3 aromatic rings. The number of hydrogen-bond donors (Lipinski definition) is 0. The van der Waals surface area contributed by atoms with E-state index in [0.29, 0.717) is 36.8 Å². The maximum absolute atomic E-state index is 12.8. The number of piperazine rings is 1. The Morgan fingerprint density at radius 2 is 1.85 bits per heavy atom. The molecule has 3 heterocycles. The first-order chi connectivity index (χ1) is 13.0. The topological polar surface area (TPSA) is 84.2 Å². The number of halogens is 1. The summed E-state index contributed by atoms with van der Waals surface area (Å²) in [5.74, 6) is 0.698. The highest BCUT2D eigenvalue weighted by molar-refractivity contribution is 7.88. The molecule has 8 nitrogen and oxygen atoms in total. The Hall–Kier alpha value is -2.23. The second kappa shape index (κ2) is 7.06. The van der Waals surface area contributed by atoms with Crippen molar-refractivity contribution in [3.63, 3.8) is 0 Å². The largest absolute Gasteiger partial charge is 0.353 e. The smallest absolute Gasteiger partial charge is 0.218 e. The molecule has 1 fully saturated rings. The Labute approximate surface area is 162 Å². The fourth-order valence-corrected chi connectivity index (χ4v) is 5.11. The summed E-state index contributed by atoms with van der Waals surface area (Å²) in [6.07, 6.45) is 3.26. The number of aromatic nitrogens is 4. The number of fused-ring (bicyclic) bond motifs is 1. The fraction of sp³-hybridized carbons (Fsp3) is 0.353. The second-order valence-electron chi connectivity index (χ2n) is 6.44. The van der Waals surface area contributed by atoms with Crippen LogP contribution in [0, 0.1) is 0 Å². The van der Waals surface area contributed by atoms with Crippen molar-refractivity contribution in [2.24, 2.45) is 7.05 Å². The fourth-order valence-electron chi connectivity index (χ4n) is 3.28. The van der Waals surface area contributed by atoms with Crippen molar-refractivity contribution in [3.05, 3.63) is 47.4 Å². The maximum atomic E-state index is 12.8. The van der Waals surface area contributed by atoms with Crippen molar-refractivity contribution in [3.8, 4) is 0 Å². The molecular formula is C17H19ClN6O2S. The lowest BCUT2D eigenvalue weighted by atomic mass is 10.2. The summed E-state index contributed by atoms with van der Waals surface area (Å²) in [7, 11) is -1.60. The number of benzene rings is 1. The first-order valence-electron chi connectivity index (χ1n) is 8.54. The summed E-state index contributed by atoms with van der Waals surface area (Å²) >= 11 is 6.12. The Kier molecular flexibility index (Phi) is 4.75. The van der Waals surface area contributed by atoms with Crippen LogP contribution in [0.2, 0.25) is 5.02 Å². The number of anilines is 1. The van der Waals surface area contributed by atoms with E-state index in [9.17, 15) is 8.42 Å². The molecule has 0 spiro atoms. The Morgan fingerprint density at radius 3 is 2.59 bits per heavy atom. The van der Waals surface area contributed by atoms with Gasteiger partial charge in [0.05, 0.1) is 17.3 Å². The zero-order valence-corrected chi connectivity index (χ0v) is 16.4. The van der Waals surface area contributed by atoms with Crippen LogP contribution in [0.5, 0.6) is 0 Å². The molecule has 2 aromatic heterocycles. The van der Waals surface area contributed by atoms with E-state index in [2.05, 4.69) is 20.0 Å². The van der Waals surface area contributed by atoms with E-state index in [0.717, 1.165) is 16.9 Å². The van der Waals surface area contributed by atoms with Gasteiger partial charge in [0.1, 0.15) is 12.1 Å². The van der Waals surface area contributed by atoms with E-state index in [4.69, 9.17) is 11.6 Å². The highest BCUT2D eigenvalue weighted by atomic mass is 35.5. The van der Waals surface area contributed by atoms with Gasteiger partial charge in [-0.15, -0.1) is 0 Å². The lowest BCUT2D eigenvalue weighted by molar-refractivity contribution is 0.383. The van der Waals surface area contributed by atoms with Crippen LogP contribution in [-0.4, -0.2) is 58.7 Å². The number of sulfonamides is 1. The first-order valence-corrected chi connectivity index (χ1v) is 10.5. The van der Waals surface area contributed by atoms with Crippen LogP contribution in [0.4, 0.5) is 5.82 Å². The van der Waals surface area contributed by atoms with Gasteiger partial charge in [-0.05, 0) is 11.6 Å². The Morgan fingerprint density at radius 1 is 1.11 bits per heavy atom. The van der Waals surface area contributed by atoms with Crippen molar-refractivity contribution < 1.29 is 8.42 Å². The summed E-state index contributed by atoms with van der Waals surface area (Å²) < 4.78 is 28.8. The number of aryl methyl sites for hydroxylation is 1. The zero-order chi connectivity index (χ0) is 19.0. The number of rotatable bonds is 4. The van der Waals surface area contributed by atoms with Crippen molar-refractivity contribution in [1.82, 2.24) is 24.1 Å². The highest BCUT2D eigenvalue weighted by Crippen LogP contribution is 2.25. The molecule has 0 radical (unpaired) electrons. The average molecular weight is 407 g/mol. The molecule has 0 aliphatic carbocycles. The average Bonchev–Trinajstić information content (AvgIpc) is 3.05. The minimum Gasteiger partial charge on any atom is -0.353 e. The maximum Gasteiger partial charge on any atom is 0.218 e. The van der Waals surface area contributed by atoms with Crippen LogP contribution in [0.15, 0.2) is 36.8 Å². The molecule has 27 heavy (non-hydrogen) atoms. The summed E-state index contributed by atoms with van der Waals surface area (Å²) in [5, 5.41) is 5.57. The molecule has 0 unspecified atom stereocenters. The summed E-state index contributed by atoms with van der Waals surface area (Å²) in [6, 6.07) is 7.04. The SMILES string of the molecule is Cn1ncc2c(N3CCN(S(=O)(=O)Cc4ccccc4Cl)CC3)ncnc21. The van der Waals surface area contributed by atoms with Crippen molar-refractivity contribution >= 4 is 38.5 Å². The Bertz CT molecular complexity index is 1080. The predicted octanol–water partition coefficient (Wildman–Crippen LogP) is 1.67. The van der Waals surface area contributed by atoms with Gasteiger partial charge in [0.15, 0.2) is 5.65 Å². The van der Waals surface area contributed by atoms with Gasteiger partial charge in [-0.1, -0.05) is 29.8 Å². The van der Waals surface area contributed by atoms with Gasteiger partial charge < -0.3 is 4.90 Å². The number of hydrogen-bond acceptors (Lipinski definition) is 6.